The first-order chi connectivity index (χ1) is 10.1. The number of halogens is 2. The molecule has 0 bridgehead atoms. The van der Waals surface area contributed by atoms with Crippen LogP contribution in [-0.4, -0.2) is 20.2 Å². The van der Waals surface area contributed by atoms with Gasteiger partial charge in [0.2, 0.25) is 11.9 Å². The number of aromatic nitrogens is 4. The van der Waals surface area contributed by atoms with Gasteiger partial charge in [0.25, 0.3) is 0 Å². The smallest absolute Gasteiger partial charge is 0.248 e. The fourth-order valence-corrected chi connectivity index (χ4v) is 2.60. The van der Waals surface area contributed by atoms with Crippen molar-refractivity contribution in [2.75, 3.05) is 11.1 Å². The summed E-state index contributed by atoms with van der Waals surface area (Å²) in [6.07, 6.45) is 3.37. The van der Waals surface area contributed by atoms with Gasteiger partial charge in [0.05, 0.1) is 10.0 Å². The molecule has 0 spiro atoms. The first-order valence-electron chi connectivity index (χ1n) is 5.98. The van der Waals surface area contributed by atoms with E-state index in [1.54, 1.807) is 24.5 Å². The number of aromatic amines is 1. The van der Waals surface area contributed by atoms with E-state index in [0.717, 1.165) is 11.1 Å². The van der Waals surface area contributed by atoms with Crippen molar-refractivity contribution in [3.63, 3.8) is 0 Å². The van der Waals surface area contributed by atoms with Crippen LogP contribution in [0.25, 0.3) is 11.1 Å². The van der Waals surface area contributed by atoms with Crippen LogP contribution in [0, 0.1) is 0 Å². The summed E-state index contributed by atoms with van der Waals surface area (Å²) in [6, 6.07) is 7.18. The zero-order chi connectivity index (χ0) is 14.8. The second-order valence-corrected chi connectivity index (χ2v) is 5.03. The van der Waals surface area contributed by atoms with Crippen molar-refractivity contribution < 1.29 is 0 Å². The Bertz CT molecular complexity index is 748. The van der Waals surface area contributed by atoms with E-state index < -0.39 is 0 Å². The highest BCUT2D eigenvalue weighted by molar-refractivity contribution is 6.39. The van der Waals surface area contributed by atoms with Crippen molar-refractivity contribution in [3.8, 4) is 11.1 Å². The zero-order valence-electron chi connectivity index (χ0n) is 10.6. The van der Waals surface area contributed by atoms with Gasteiger partial charge in [0.1, 0.15) is 0 Å². The average molecular weight is 321 g/mol. The highest BCUT2D eigenvalue weighted by atomic mass is 35.5. The second-order valence-electron chi connectivity index (χ2n) is 4.22. The van der Waals surface area contributed by atoms with E-state index in [1.807, 2.05) is 12.1 Å². The number of H-pyrrole nitrogens is 1. The molecule has 0 atom stereocenters. The quantitative estimate of drug-likeness (QED) is 0.686. The number of rotatable bonds is 3. The van der Waals surface area contributed by atoms with E-state index in [1.165, 1.54) is 0 Å². The van der Waals surface area contributed by atoms with Crippen LogP contribution in [0.1, 0.15) is 0 Å². The first-order valence-corrected chi connectivity index (χ1v) is 6.73. The van der Waals surface area contributed by atoms with Crippen LogP contribution in [-0.2, 0) is 0 Å². The summed E-state index contributed by atoms with van der Waals surface area (Å²) < 4.78 is 0. The van der Waals surface area contributed by atoms with Gasteiger partial charge in [0.15, 0.2) is 0 Å². The number of hydrogen-bond donors (Lipinski definition) is 3. The lowest BCUT2D eigenvalue weighted by Gasteiger charge is -2.10. The summed E-state index contributed by atoms with van der Waals surface area (Å²) in [5, 5.41) is 10.4. The third kappa shape index (κ3) is 2.91. The number of nitrogens with zero attached hydrogens (tertiary/aromatic N) is 3. The molecule has 0 saturated carbocycles. The number of hydrogen-bond acceptors (Lipinski definition) is 5. The number of pyridine rings is 1. The molecule has 0 aliphatic heterocycles. The number of anilines is 3. The Kier molecular flexibility index (Phi) is 3.64. The number of nitrogens with one attached hydrogen (secondary N) is 2. The van der Waals surface area contributed by atoms with E-state index in [2.05, 4.69) is 25.5 Å². The molecule has 106 valence electrons. The predicted molar refractivity (Wildman–Crippen MR) is 83.8 cm³/mol. The molecule has 0 amide bonds. The van der Waals surface area contributed by atoms with Crippen LogP contribution in [0.15, 0.2) is 36.7 Å². The summed E-state index contributed by atoms with van der Waals surface area (Å²) >= 11 is 12.6. The normalized spacial score (nSPS) is 10.6. The Morgan fingerprint density at radius 2 is 1.76 bits per heavy atom. The van der Waals surface area contributed by atoms with E-state index in [4.69, 9.17) is 28.9 Å². The maximum absolute atomic E-state index is 6.32. The van der Waals surface area contributed by atoms with Gasteiger partial charge in [0, 0.05) is 23.6 Å². The van der Waals surface area contributed by atoms with Crippen LogP contribution >= 0.6 is 23.2 Å². The molecule has 0 aliphatic carbocycles. The highest BCUT2D eigenvalue weighted by Gasteiger charge is 2.11. The molecule has 0 aliphatic rings. The lowest BCUT2D eigenvalue weighted by Crippen LogP contribution is -1.94. The molecule has 1 aromatic carbocycles. The molecule has 3 aromatic rings. The SMILES string of the molecule is Nc1nc(Nc2cc(Cl)c(-c3ccncc3)c(Cl)c2)n[nH]1. The van der Waals surface area contributed by atoms with E-state index in [9.17, 15) is 0 Å². The number of nitrogens with two attached hydrogens (primary N) is 1. The molecule has 0 unspecified atom stereocenters. The average Bonchev–Trinajstić information content (AvgIpc) is 2.84. The van der Waals surface area contributed by atoms with Crippen molar-refractivity contribution in [1.29, 1.82) is 0 Å². The Balaban J connectivity index is 1.96. The Labute approximate surface area is 130 Å². The lowest BCUT2D eigenvalue weighted by molar-refractivity contribution is 1.10. The molecule has 0 saturated heterocycles. The van der Waals surface area contributed by atoms with Crippen molar-refractivity contribution in [1.82, 2.24) is 20.2 Å². The Morgan fingerprint density at radius 1 is 1.10 bits per heavy atom. The van der Waals surface area contributed by atoms with Gasteiger partial charge in [-0.1, -0.05) is 23.2 Å². The maximum atomic E-state index is 6.32. The minimum atomic E-state index is 0.225. The number of nitrogen functional groups attached to an aromatic ring is 1. The van der Waals surface area contributed by atoms with E-state index >= 15 is 0 Å². The third-order valence-corrected chi connectivity index (χ3v) is 3.37. The van der Waals surface area contributed by atoms with Crippen molar-refractivity contribution in [3.05, 3.63) is 46.7 Å². The minimum Gasteiger partial charge on any atom is -0.368 e. The zero-order valence-corrected chi connectivity index (χ0v) is 12.2. The molecule has 6 nitrogen and oxygen atoms in total. The van der Waals surface area contributed by atoms with Gasteiger partial charge in [-0.25, -0.2) is 5.10 Å². The molecule has 3 rings (SSSR count). The molecule has 21 heavy (non-hydrogen) atoms. The summed E-state index contributed by atoms with van der Waals surface area (Å²) in [4.78, 5) is 7.93. The van der Waals surface area contributed by atoms with Gasteiger partial charge < -0.3 is 11.1 Å². The topological polar surface area (TPSA) is 92.5 Å². The first kappa shape index (κ1) is 13.7. The standard InChI is InChI=1S/C13H10Cl2N6/c14-9-5-8(18-13-19-12(16)20-21-13)6-10(15)11(9)7-1-3-17-4-2-7/h1-6H,(H4,16,18,19,20,21). The van der Waals surface area contributed by atoms with Gasteiger partial charge in [-0.05, 0) is 29.8 Å². The molecule has 2 heterocycles. The molecule has 4 N–H and O–H groups in total. The highest BCUT2D eigenvalue weighted by Crippen LogP contribution is 2.37. The Hall–Kier alpha value is -2.31. The molecule has 8 heteroatoms. The van der Waals surface area contributed by atoms with Gasteiger partial charge in [-0.15, -0.1) is 5.10 Å². The number of benzene rings is 1. The molecule has 0 radical (unpaired) electrons. The van der Waals surface area contributed by atoms with Crippen LogP contribution < -0.4 is 11.1 Å². The summed E-state index contributed by atoms with van der Waals surface area (Å²) in [6.45, 7) is 0. The van der Waals surface area contributed by atoms with Gasteiger partial charge >= 0.3 is 0 Å². The van der Waals surface area contributed by atoms with Crippen LogP contribution in [0.5, 0.6) is 0 Å². The van der Waals surface area contributed by atoms with Gasteiger partial charge in [-0.2, -0.15) is 4.98 Å². The molecule has 2 aromatic heterocycles. The fraction of sp³-hybridized carbons (Fsp3) is 0. The molecular formula is C13H10Cl2N6. The second kappa shape index (κ2) is 5.59. The summed E-state index contributed by atoms with van der Waals surface area (Å²) in [5.41, 5.74) is 7.78. The molecule has 0 fully saturated rings. The van der Waals surface area contributed by atoms with Crippen molar-refractivity contribution in [2.24, 2.45) is 0 Å². The molecular weight excluding hydrogens is 311 g/mol. The van der Waals surface area contributed by atoms with Crippen molar-refractivity contribution >= 4 is 40.8 Å². The lowest BCUT2D eigenvalue weighted by atomic mass is 10.1. The van der Waals surface area contributed by atoms with Crippen LogP contribution in [0.2, 0.25) is 10.0 Å². The van der Waals surface area contributed by atoms with E-state index in [-0.39, 0.29) is 5.95 Å². The van der Waals surface area contributed by atoms with Gasteiger partial charge in [-0.3, -0.25) is 4.98 Å². The monoisotopic (exact) mass is 320 g/mol. The fourth-order valence-electron chi connectivity index (χ4n) is 1.90. The predicted octanol–water partition coefficient (Wildman–Crippen LogP) is 3.50. The van der Waals surface area contributed by atoms with E-state index in [0.29, 0.717) is 21.7 Å². The van der Waals surface area contributed by atoms with Crippen LogP contribution in [0.3, 0.4) is 0 Å². The third-order valence-electron chi connectivity index (χ3n) is 2.77. The largest absolute Gasteiger partial charge is 0.368 e. The van der Waals surface area contributed by atoms with Crippen molar-refractivity contribution in [2.45, 2.75) is 0 Å². The maximum Gasteiger partial charge on any atom is 0.248 e. The summed E-state index contributed by atoms with van der Waals surface area (Å²) in [7, 11) is 0. The Morgan fingerprint density at radius 3 is 2.33 bits per heavy atom. The summed E-state index contributed by atoms with van der Waals surface area (Å²) in [5.74, 6) is 0.569. The van der Waals surface area contributed by atoms with Crippen LogP contribution in [0.4, 0.5) is 17.6 Å². The minimum absolute atomic E-state index is 0.225.